The first-order valence-corrected chi connectivity index (χ1v) is 10.0. The zero-order chi connectivity index (χ0) is 14.9. The van der Waals surface area contributed by atoms with Gasteiger partial charge in [-0.15, -0.1) is 0 Å². The van der Waals surface area contributed by atoms with Gasteiger partial charge in [0.25, 0.3) is 5.91 Å². The Bertz CT molecular complexity index is 610. The van der Waals surface area contributed by atoms with Crippen molar-refractivity contribution >= 4 is 43.4 Å². The van der Waals surface area contributed by atoms with E-state index in [0.29, 0.717) is 17.9 Å². The van der Waals surface area contributed by atoms with Crippen molar-refractivity contribution in [3.8, 4) is 0 Å². The van der Waals surface area contributed by atoms with Gasteiger partial charge in [-0.2, -0.15) is 11.8 Å². The average Bonchev–Trinajstić information content (AvgIpc) is 2.35. The van der Waals surface area contributed by atoms with Crippen molar-refractivity contribution in [3.05, 3.63) is 33.8 Å². The van der Waals surface area contributed by atoms with E-state index in [2.05, 4.69) is 15.9 Å². The van der Waals surface area contributed by atoms with E-state index in [1.807, 2.05) is 13.0 Å². The normalized spacial score (nSPS) is 19.9. The van der Waals surface area contributed by atoms with Crippen LogP contribution in [0.15, 0.2) is 22.7 Å². The highest BCUT2D eigenvalue weighted by Crippen LogP contribution is 2.24. The van der Waals surface area contributed by atoms with Gasteiger partial charge in [-0.25, -0.2) is 8.42 Å². The van der Waals surface area contributed by atoms with Crippen molar-refractivity contribution in [3.63, 3.8) is 0 Å². The van der Waals surface area contributed by atoms with Crippen LogP contribution >= 0.6 is 27.7 Å². The molecule has 1 unspecified atom stereocenters. The van der Waals surface area contributed by atoms with Crippen LogP contribution in [0.5, 0.6) is 0 Å². The molecule has 110 valence electrons. The Morgan fingerprint density at radius 3 is 2.70 bits per heavy atom. The van der Waals surface area contributed by atoms with Gasteiger partial charge in [0.15, 0.2) is 9.84 Å². The first-order valence-electron chi connectivity index (χ1n) is 6.14. The molecule has 1 aliphatic heterocycles. The molecule has 2 rings (SSSR count). The zero-order valence-corrected chi connectivity index (χ0v) is 14.5. The molecule has 1 fully saturated rings. The molecule has 1 heterocycles. The maximum Gasteiger partial charge on any atom is 0.255 e. The number of aryl methyl sites for hydroxylation is 1. The Morgan fingerprint density at radius 1 is 1.40 bits per heavy atom. The van der Waals surface area contributed by atoms with E-state index in [4.69, 9.17) is 0 Å². The quantitative estimate of drug-likeness (QED) is 0.793. The minimum Gasteiger partial charge on any atom is -0.320 e. The van der Waals surface area contributed by atoms with Crippen LogP contribution in [0.1, 0.15) is 15.9 Å². The number of thioether (sulfide) groups is 1. The summed E-state index contributed by atoms with van der Waals surface area (Å²) in [6.07, 6.45) is 1.19. The van der Waals surface area contributed by atoms with Gasteiger partial charge in [0.2, 0.25) is 0 Å². The number of amides is 1. The number of carbonyl (C=O) groups is 1. The maximum absolute atomic E-state index is 12.6. The molecule has 0 aliphatic carbocycles. The molecule has 0 spiro atoms. The van der Waals surface area contributed by atoms with Gasteiger partial charge in [0.05, 0.1) is 0 Å². The Labute approximate surface area is 132 Å². The van der Waals surface area contributed by atoms with Gasteiger partial charge < -0.3 is 4.90 Å². The number of sulfone groups is 1. The summed E-state index contributed by atoms with van der Waals surface area (Å²) < 4.78 is 24.5. The van der Waals surface area contributed by atoms with Crippen LogP contribution in [0.25, 0.3) is 0 Å². The molecule has 0 N–H and O–H groups in total. The smallest absolute Gasteiger partial charge is 0.255 e. The Morgan fingerprint density at radius 2 is 2.10 bits per heavy atom. The van der Waals surface area contributed by atoms with Crippen molar-refractivity contribution in [2.24, 2.45) is 0 Å². The second-order valence-electron chi connectivity index (χ2n) is 4.87. The molecule has 0 radical (unpaired) electrons. The third kappa shape index (κ3) is 3.56. The molecule has 1 aliphatic rings. The Hall–Kier alpha value is -0.530. The summed E-state index contributed by atoms with van der Waals surface area (Å²) in [6, 6.07) is 5.43. The van der Waals surface area contributed by atoms with Gasteiger partial charge >= 0.3 is 0 Å². The molecule has 0 saturated carbocycles. The van der Waals surface area contributed by atoms with Crippen molar-refractivity contribution in [1.82, 2.24) is 4.90 Å². The largest absolute Gasteiger partial charge is 0.320 e. The number of rotatable bonds is 2. The highest BCUT2D eigenvalue weighted by atomic mass is 79.9. The van der Waals surface area contributed by atoms with E-state index >= 15 is 0 Å². The molecule has 0 bridgehead atoms. The second kappa shape index (κ2) is 6.07. The van der Waals surface area contributed by atoms with Crippen LogP contribution in [0.2, 0.25) is 0 Å². The Kier molecular flexibility index (Phi) is 4.81. The zero-order valence-electron chi connectivity index (χ0n) is 11.3. The van der Waals surface area contributed by atoms with Crippen molar-refractivity contribution in [1.29, 1.82) is 0 Å². The minimum atomic E-state index is -3.28. The summed E-state index contributed by atoms with van der Waals surface area (Å²) in [5.41, 5.74) is 1.49. The first-order chi connectivity index (χ1) is 9.29. The number of nitrogens with zero attached hydrogens (tertiary/aromatic N) is 1. The van der Waals surface area contributed by atoms with Crippen LogP contribution in [-0.4, -0.2) is 48.9 Å². The number of halogens is 1. The van der Waals surface area contributed by atoms with Gasteiger partial charge in [0.1, 0.15) is 5.37 Å². The lowest BCUT2D eigenvalue weighted by Crippen LogP contribution is -2.49. The van der Waals surface area contributed by atoms with Gasteiger partial charge in [-0.1, -0.05) is 15.9 Å². The molecular formula is C13H16BrNO3S2. The fourth-order valence-corrected chi connectivity index (χ4v) is 5.62. The standard InChI is InChI=1S/C13H16BrNO3S2/c1-9-5-10(7-11(14)6-9)13(16)15-3-4-19-8-12(15)20(2,17)18/h5-7,12H,3-4,8H2,1-2H3. The summed E-state index contributed by atoms with van der Waals surface area (Å²) >= 11 is 4.94. The topological polar surface area (TPSA) is 54.5 Å². The number of hydrogen-bond donors (Lipinski definition) is 0. The van der Waals surface area contributed by atoms with Crippen molar-refractivity contribution in [2.45, 2.75) is 12.3 Å². The third-order valence-electron chi connectivity index (χ3n) is 3.13. The molecule has 1 atom stereocenters. The van der Waals surface area contributed by atoms with Crippen LogP contribution in [-0.2, 0) is 9.84 Å². The van der Waals surface area contributed by atoms with E-state index in [1.165, 1.54) is 11.2 Å². The summed E-state index contributed by atoms with van der Waals surface area (Å²) in [4.78, 5) is 14.1. The first kappa shape index (κ1) is 15.9. The van der Waals surface area contributed by atoms with E-state index in [1.54, 1.807) is 23.9 Å². The fourth-order valence-electron chi connectivity index (χ4n) is 2.19. The maximum atomic E-state index is 12.6. The third-order valence-corrected chi connectivity index (χ3v) is 6.23. The van der Waals surface area contributed by atoms with E-state index in [-0.39, 0.29) is 5.91 Å². The van der Waals surface area contributed by atoms with Crippen molar-refractivity contribution in [2.75, 3.05) is 24.3 Å². The lowest BCUT2D eigenvalue weighted by Gasteiger charge is -2.34. The Balaban J connectivity index is 2.35. The van der Waals surface area contributed by atoms with Gasteiger partial charge in [0, 0.05) is 34.3 Å². The summed E-state index contributed by atoms with van der Waals surface area (Å²) in [5.74, 6) is 0.993. The SMILES string of the molecule is Cc1cc(Br)cc(C(=O)N2CCSCC2S(C)(=O)=O)c1. The average molecular weight is 378 g/mol. The molecule has 1 amide bonds. The second-order valence-corrected chi connectivity index (χ2v) is 9.14. The summed E-state index contributed by atoms with van der Waals surface area (Å²) in [6.45, 7) is 2.37. The number of hydrogen-bond acceptors (Lipinski definition) is 4. The molecule has 4 nitrogen and oxygen atoms in total. The van der Waals surface area contributed by atoms with Gasteiger partial charge in [-0.05, 0) is 30.7 Å². The molecule has 1 aromatic carbocycles. The molecule has 0 aromatic heterocycles. The van der Waals surface area contributed by atoms with Gasteiger partial charge in [-0.3, -0.25) is 4.79 Å². The lowest BCUT2D eigenvalue weighted by atomic mass is 10.1. The molecule has 20 heavy (non-hydrogen) atoms. The molecular weight excluding hydrogens is 362 g/mol. The number of benzene rings is 1. The van der Waals surface area contributed by atoms with E-state index < -0.39 is 15.2 Å². The van der Waals surface area contributed by atoms with E-state index in [9.17, 15) is 13.2 Å². The summed E-state index contributed by atoms with van der Waals surface area (Å²) in [7, 11) is -3.28. The number of carbonyl (C=O) groups excluding carboxylic acids is 1. The predicted molar refractivity (Wildman–Crippen MR) is 85.9 cm³/mol. The van der Waals surface area contributed by atoms with Crippen LogP contribution in [0, 0.1) is 6.92 Å². The monoisotopic (exact) mass is 377 g/mol. The molecule has 1 saturated heterocycles. The molecule has 1 aromatic rings. The van der Waals surface area contributed by atoms with Crippen LogP contribution in [0.3, 0.4) is 0 Å². The molecule has 7 heteroatoms. The van der Waals surface area contributed by atoms with E-state index in [0.717, 1.165) is 15.8 Å². The summed E-state index contributed by atoms with van der Waals surface area (Å²) in [5, 5.41) is -0.729. The van der Waals surface area contributed by atoms with Crippen LogP contribution in [0.4, 0.5) is 0 Å². The highest BCUT2D eigenvalue weighted by Gasteiger charge is 2.34. The highest BCUT2D eigenvalue weighted by molar-refractivity contribution is 9.10. The van der Waals surface area contributed by atoms with Crippen LogP contribution < -0.4 is 0 Å². The van der Waals surface area contributed by atoms with Crippen molar-refractivity contribution < 1.29 is 13.2 Å². The minimum absolute atomic E-state index is 0.217. The predicted octanol–water partition coefficient (Wildman–Crippen LogP) is 2.32. The lowest BCUT2D eigenvalue weighted by molar-refractivity contribution is 0.0749. The fraction of sp³-hybridized carbons (Fsp3) is 0.462.